The molecule has 1 aliphatic carbocycles. The molecule has 0 bridgehead atoms. The van der Waals surface area contributed by atoms with Crippen molar-refractivity contribution < 1.29 is 19.4 Å². The lowest BCUT2D eigenvalue weighted by Gasteiger charge is -2.19. The van der Waals surface area contributed by atoms with Gasteiger partial charge in [-0.15, -0.1) is 0 Å². The molecule has 162 valence electrons. The molecule has 4 nitrogen and oxygen atoms in total. The van der Waals surface area contributed by atoms with Crippen LogP contribution in [0.1, 0.15) is 60.3 Å². The molecule has 0 atom stereocenters. The molecule has 0 fully saturated rings. The van der Waals surface area contributed by atoms with Crippen LogP contribution in [0, 0.1) is 0 Å². The van der Waals surface area contributed by atoms with Crippen molar-refractivity contribution in [1.82, 2.24) is 0 Å². The van der Waals surface area contributed by atoms with E-state index in [4.69, 9.17) is 4.74 Å². The molecule has 0 saturated carbocycles. The van der Waals surface area contributed by atoms with Crippen molar-refractivity contribution in [2.75, 3.05) is 7.11 Å². The van der Waals surface area contributed by atoms with Crippen LogP contribution in [-0.4, -0.2) is 23.8 Å². The van der Waals surface area contributed by atoms with E-state index >= 15 is 0 Å². The molecule has 0 saturated heterocycles. The van der Waals surface area contributed by atoms with Crippen LogP contribution >= 0.6 is 0 Å². The average molecular weight is 411 g/mol. The lowest BCUT2D eigenvalue weighted by atomic mass is 9.84. The van der Waals surface area contributed by atoms with Gasteiger partial charge < -0.3 is 9.84 Å². The maximum atomic E-state index is 13.2. The minimum atomic E-state index is -0.257. The summed E-state index contributed by atoms with van der Waals surface area (Å²) in [5, 5.41) is 9.47. The molecule has 1 aliphatic rings. The first kappa shape index (κ1) is 25.2. The Hall–Kier alpha value is -2.88. The summed E-state index contributed by atoms with van der Waals surface area (Å²) in [5.74, 6) is -0.583. The van der Waals surface area contributed by atoms with E-state index in [2.05, 4.69) is 26.5 Å². The van der Waals surface area contributed by atoms with Crippen LogP contribution in [-0.2, 0) is 14.3 Å². The zero-order valence-electron chi connectivity index (χ0n) is 19.1. The lowest BCUT2D eigenvalue weighted by molar-refractivity contribution is -0.116. The fourth-order valence-electron chi connectivity index (χ4n) is 3.03. The molecule has 0 unspecified atom stereocenters. The summed E-state index contributed by atoms with van der Waals surface area (Å²) >= 11 is 0. The number of rotatable bonds is 10. The Labute approximate surface area is 180 Å². The molecule has 0 aliphatic heterocycles. The highest BCUT2D eigenvalue weighted by Crippen LogP contribution is 2.30. The van der Waals surface area contributed by atoms with Gasteiger partial charge in [0.1, 0.15) is 11.5 Å². The Morgan fingerprint density at radius 2 is 1.60 bits per heavy atom. The number of ketones is 2. The second kappa shape index (κ2) is 12.0. The Balaban J connectivity index is 3.27. The molecule has 1 N–H and O–H groups in total. The van der Waals surface area contributed by atoms with Crippen LogP contribution in [0.15, 0.2) is 81.9 Å². The second-order valence-corrected chi connectivity index (χ2v) is 7.97. The van der Waals surface area contributed by atoms with E-state index in [0.29, 0.717) is 24.0 Å². The highest BCUT2D eigenvalue weighted by Gasteiger charge is 2.29. The average Bonchev–Trinajstić information content (AvgIpc) is 2.64. The fraction of sp³-hybridized carbons (Fsp3) is 0.385. The largest absolute Gasteiger partial charge is 0.508 e. The van der Waals surface area contributed by atoms with Gasteiger partial charge in [0.2, 0.25) is 0 Å². The van der Waals surface area contributed by atoms with Crippen molar-refractivity contribution >= 4 is 11.6 Å². The Bertz CT molecular complexity index is 878. The Morgan fingerprint density at radius 1 is 1.00 bits per heavy atom. The number of aliphatic hydroxyl groups is 1. The van der Waals surface area contributed by atoms with Crippen LogP contribution in [0.4, 0.5) is 0 Å². The maximum absolute atomic E-state index is 13.2. The van der Waals surface area contributed by atoms with E-state index in [1.54, 1.807) is 0 Å². The van der Waals surface area contributed by atoms with Gasteiger partial charge in [0, 0.05) is 23.3 Å². The summed E-state index contributed by atoms with van der Waals surface area (Å²) in [6.07, 6.45) is 11.4. The van der Waals surface area contributed by atoms with E-state index in [1.165, 1.54) is 30.4 Å². The maximum Gasteiger partial charge on any atom is 0.193 e. The smallest absolute Gasteiger partial charge is 0.193 e. The lowest BCUT2D eigenvalue weighted by Crippen LogP contribution is -2.21. The number of carbonyl (C=O) groups excluding carboxylic acids is 2. The summed E-state index contributed by atoms with van der Waals surface area (Å²) in [7, 11) is 1.39. The van der Waals surface area contributed by atoms with Crippen LogP contribution in [0.25, 0.3) is 0 Å². The molecule has 0 amide bonds. The first-order chi connectivity index (χ1) is 14.1. The van der Waals surface area contributed by atoms with Crippen LogP contribution in [0.3, 0.4) is 0 Å². The van der Waals surface area contributed by atoms with Gasteiger partial charge in [-0.2, -0.15) is 0 Å². The molecule has 30 heavy (non-hydrogen) atoms. The number of methoxy groups -OCH3 is 1. The number of hydrogen-bond donors (Lipinski definition) is 1. The molecular formula is C26H34O4. The molecule has 0 radical (unpaired) electrons. The monoisotopic (exact) mass is 410 g/mol. The van der Waals surface area contributed by atoms with Gasteiger partial charge in [0.25, 0.3) is 0 Å². The number of Topliss-reactive ketones (excluding diaryl/α,β-unsaturated/α-hetero) is 1. The number of hydrogen-bond acceptors (Lipinski definition) is 4. The van der Waals surface area contributed by atoms with E-state index in [9.17, 15) is 14.7 Å². The number of allylic oxidation sites excluding steroid dienone is 11. The van der Waals surface area contributed by atoms with Crippen LogP contribution in [0.2, 0.25) is 0 Å². The van der Waals surface area contributed by atoms with E-state index in [-0.39, 0.29) is 28.7 Å². The van der Waals surface area contributed by atoms with E-state index in [1.807, 2.05) is 32.9 Å². The SMILES string of the molecule is C=C(O)/C=C(/OC)C1=CC(=O)C(C/C=C(\C)CCC=C(C)C)=C(CC=C(C)C)C1=O. The van der Waals surface area contributed by atoms with E-state index < -0.39 is 0 Å². The number of ether oxygens (including phenoxy) is 1. The quantitative estimate of drug-likeness (QED) is 0.196. The summed E-state index contributed by atoms with van der Waals surface area (Å²) in [6, 6.07) is 0. The minimum Gasteiger partial charge on any atom is -0.508 e. The van der Waals surface area contributed by atoms with Gasteiger partial charge in [-0.05, 0) is 60.3 Å². The summed E-state index contributed by atoms with van der Waals surface area (Å²) in [4.78, 5) is 26.1. The van der Waals surface area contributed by atoms with Crippen LogP contribution in [0.5, 0.6) is 0 Å². The van der Waals surface area contributed by atoms with Gasteiger partial charge in [0.05, 0.1) is 12.7 Å². The molecule has 0 aromatic heterocycles. The van der Waals surface area contributed by atoms with Gasteiger partial charge >= 0.3 is 0 Å². The standard InChI is InChI=1S/C26H34O4/c1-17(2)9-8-10-19(5)12-14-21-22(13-11-18(3)4)26(29)23(16-24(21)28)25(30-7)15-20(6)27/h9,11-12,15-16,27H,6,8,10,13-14H2,1-5,7H3/b19-12+,25-15+. The molecular weight excluding hydrogens is 376 g/mol. The molecule has 0 aromatic rings. The number of aliphatic hydroxyl groups excluding tert-OH is 1. The van der Waals surface area contributed by atoms with Crippen molar-refractivity contribution in [3.05, 3.63) is 81.9 Å². The van der Waals surface area contributed by atoms with Crippen molar-refractivity contribution in [3.63, 3.8) is 0 Å². The molecule has 0 aromatic carbocycles. The fourth-order valence-corrected chi connectivity index (χ4v) is 3.03. The summed E-state index contributed by atoms with van der Waals surface area (Å²) in [5.41, 5.74) is 4.67. The first-order valence-electron chi connectivity index (χ1n) is 10.2. The molecule has 0 heterocycles. The normalized spacial score (nSPS) is 15.1. The first-order valence-corrected chi connectivity index (χ1v) is 10.2. The van der Waals surface area contributed by atoms with Gasteiger partial charge in [-0.25, -0.2) is 0 Å². The number of carbonyl (C=O) groups is 2. The predicted molar refractivity (Wildman–Crippen MR) is 123 cm³/mol. The minimum absolute atomic E-state index is 0.128. The highest BCUT2D eigenvalue weighted by molar-refractivity contribution is 6.24. The summed E-state index contributed by atoms with van der Waals surface area (Å²) in [6.45, 7) is 13.5. The third kappa shape index (κ3) is 7.86. The molecule has 1 rings (SSSR count). The summed E-state index contributed by atoms with van der Waals surface area (Å²) < 4.78 is 5.23. The van der Waals surface area contributed by atoms with Gasteiger partial charge in [0.15, 0.2) is 11.6 Å². The zero-order chi connectivity index (χ0) is 22.8. The highest BCUT2D eigenvalue weighted by atomic mass is 16.5. The van der Waals surface area contributed by atoms with E-state index in [0.717, 1.165) is 18.4 Å². The third-order valence-corrected chi connectivity index (χ3v) is 4.70. The third-order valence-electron chi connectivity index (χ3n) is 4.70. The molecule has 0 spiro atoms. The van der Waals surface area contributed by atoms with Crippen molar-refractivity contribution in [2.24, 2.45) is 0 Å². The zero-order valence-corrected chi connectivity index (χ0v) is 19.1. The van der Waals surface area contributed by atoms with Crippen molar-refractivity contribution in [3.8, 4) is 0 Å². The van der Waals surface area contributed by atoms with Crippen molar-refractivity contribution in [2.45, 2.75) is 60.3 Å². The second-order valence-electron chi connectivity index (χ2n) is 7.97. The Kier molecular flexibility index (Phi) is 10.0. The molecule has 4 heteroatoms. The topological polar surface area (TPSA) is 63.6 Å². The van der Waals surface area contributed by atoms with Crippen molar-refractivity contribution in [1.29, 1.82) is 0 Å². The van der Waals surface area contributed by atoms with Crippen LogP contribution < -0.4 is 0 Å². The van der Waals surface area contributed by atoms with Gasteiger partial charge in [-0.3, -0.25) is 9.59 Å². The Morgan fingerprint density at radius 3 is 2.13 bits per heavy atom. The predicted octanol–water partition coefficient (Wildman–Crippen LogP) is 6.40. The van der Waals surface area contributed by atoms with Gasteiger partial charge in [-0.1, -0.05) is 41.5 Å².